The van der Waals surface area contributed by atoms with Crippen molar-refractivity contribution < 1.29 is 22.4 Å². The Morgan fingerprint density at radius 2 is 1.44 bits per heavy atom. The molecule has 0 heterocycles. The van der Waals surface area contributed by atoms with E-state index >= 15 is 0 Å². The monoisotopic (exact) mass is 384 g/mol. The number of para-hydroxylation sites is 1. The molecule has 0 spiro atoms. The molecule has 0 radical (unpaired) electrons. The van der Waals surface area contributed by atoms with Gasteiger partial charge in [0.25, 0.3) is 10.1 Å². The second-order valence-electron chi connectivity index (χ2n) is 6.16. The second kappa shape index (κ2) is 7.82. The Bertz CT molecular complexity index is 1010. The third-order valence-electron chi connectivity index (χ3n) is 4.00. The number of ether oxygens (including phenoxy) is 2. The summed E-state index contributed by atoms with van der Waals surface area (Å²) < 4.78 is 44.3. The van der Waals surface area contributed by atoms with Crippen LogP contribution in [-0.2, 0) is 10.1 Å². The molecule has 0 bridgehead atoms. The first kappa shape index (κ1) is 18.9. The summed E-state index contributed by atoms with van der Waals surface area (Å²) in [5.74, 6) is 1.96. The molecule has 0 aliphatic carbocycles. The molecular weight excluding hydrogens is 364 g/mol. The molecule has 0 saturated heterocycles. The van der Waals surface area contributed by atoms with E-state index in [1.54, 1.807) is 43.3 Å². The molecule has 1 N–H and O–H groups in total. The van der Waals surface area contributed by atoms with Crippen LogP contribution in [0.25, 0.3) is 0 Å². The third kappa shape index (κ3) is 4.87. The van der Waals surface area contributed by atoms with E-state index < -0.39 is 16.2 Å². The number of benzene rings is 3. The van der Waals surface area contributed by atoms with E-state index in [1.165, 1.54) is 6.07 Å². The molecule has 27 heavy (non-hydrogen) atoms. The van der Waals surface area contributed by atoms with Gasteiger partial charge in [-0.25, -0.2) is 0 Å². The van der Waals surface area contributed by atoms with Crippen LogP contribution >= 0.6 is 0 Å². The fraction of sp³-hybridized carbons (Fsp3) is 0.143. The first-order chi connectivity index (χ1) is 12.8. The average molecular weight is 384 g/mol. The highest BCUT2D eigenvalue weighted by atomic mass is 32.2. The van der Waals surface area contributed by atoms with Crippen LogP contribution in [0.3, 0.4) is 0 Å². The number of hydrogen-bond acceptors (Lipinski definition) is 4. The van der Waals surface area contributed by atoms with Gasteiger partial charge in [-0.15, -0.1) is 0 Å². The molecule has 0 aromatic heterocycles. The van der Waals surface area contributed by atoms with Crippen LogP contribution in [0.15, 0.2) is 77.7 Å². The van der Waals surface area contributed by atoms with Gasteiger partial charge in [0.05, 0.1) is 0 Å². The summed E-state index contributed by atoms with van der Waals surface area (Å²) in [7, 11) is -4.33. The Morgan fingerprint density at radius 3 is 2.07 bits per heavy atom. The van der Waals surface area contributed by atoms with Gasteiger partial charge in [0, 0.05) is 5.56 Å². The SMILES string of the molecule is Cc1ccc(S(=O)(=O)O)c(C(C)Oc2ccc(Oc3ccccc3)cc2)c1. The van der Waals surface area contributed by atoms with Gasteiger partial charge in [0.15, 0.2) is 0 Å². The maximum Gasteiger partial charge on any atom is 0.294 e. The first-order valence-corrected chi connectivity index (χ1v) is 9.84. The molecule has 0 fully saturated rings. The van der Waals surface area contributed by atoms with Crippen LogP contribution in [0.2, 0.25) is 0 Å². The van der Waals surface area contributed by atoms with E-state index in [4.69, 9.17) is 9.47 Å². The van der Waals surface area contributed by atoms with Crippen LogP contribution < -0.4 is 9.47 Å². The van der Waals surface area contributed by atoms with Crippen molar-refractivity contribution >= 4 is 10.1 Å². The zero-order valence-corrected chi connectivity index (χ0v) is 15.8. The van der Waals surface area contributed by atoms with E-state index in [0.29, 0.717) is 17.1 Å². The van der Waals surface area contributed by atoms with Gasteiger partial charge in [-0.05, 0) is 56.3 Å². The van der Waals surface area contributed by atoms with Crippen molar-refractivity contribution in [3.63, 3.8) is 0 Å². The third-order valence-corrected chi connectivity index (χ3v) is 4.92. The maximum absolute atomic E-state index is 11.6. The van der Waals surface area contributed by atoms with Gasteiger partial charge >= 0.3 is 0 Å². The normalized spacial score (nSPS) is 12.4. The van der Waals surface area contributed by atoms with Crippen molar-refractivity contribution in [2.75, 3.05) is 0 Å². The lowest BCUT2D eigenvalue weighted by atomic mass is 10.1. The topological polar surface area (TPSA) is 72.8 Å². The highest BCUT2D eigenvalue weighted by molar-refractivity contribution is 7.85. The number of aryl methyl sites for hydroxylation is 1. The zero-order valence-electron chi connectivity index (χ0n) is 15.0. The summed E-state index contributed by atoms with van der Waals surface area (Å²) in [5, 5.41) is 0. The van der Waals surface area contributed by atoms with Crippen molar-refractivity contribution in [1.29, 1.82) is 0 Å². The number of rotatable bonds is 6. The van der Waals surface area contributed by atoms with Gasteiger partial charge in [0.1, 0.15) is 28.2 Å². The molecule has 0 saturated carbocycles. The van der Waals surface area contributed by atoms with Gasteiger partial charge in [-0.3, -0.25) is 4.55 Å². The minimum atomic E-state index is -4.33. The predicted octanol–water partition coefficient (Wildman–Crippen LogP) is 5.17. The molecule has 1 atom stereocenters. The summed E-state index contributed by atoms with van der Waals surface area (Å²) in [5.41, 5.74) is 1.28. The predicted molar refractivity (Wildman–Crippen MR) is 103 cm³/mol. The minimum Gasteiger partial charge on any atom is -0.486 e. The summed E-state index contributed by atoms with van der Waals surface area (Å²) in [6.07, 6.45) is -0.567. The van der Waals surface area contributed by atoms with Crippen LogP contribution in [0.1, 0.15) is 24.2 Å². The first-order valence-electron chi connectivity index (χ1n) is 8.40. The smallest absolute Gasteiger partial charge is 0.294 e. The molecule has 5 nitrogen and oxygen atoms in total. The van der Waals surface area contributed by atoms with Gasteiger partial charge in [-0.1, -0.05) is 35.9 Å². The maximum atomic E-state index is 11.6. The molecule has 6 heteroatoms. The lowest BCUT2D eigenvalue weighted by Crippen LogP contribution is -2.10. The Kier molecular flexibility index (Phi) is 5.48. The molecule has 140 valence electrons. The van der Waals surface area contributed by atoms with E-state index in [1.807, 2.05) is 37.3 Å². The Balaban J connectivity index is 1.77. The molecule has 0 amide bonds. The Morgan fingerprint density at radius 1 is 0.852 bits per heavy atom. The Hall–Kier alpha value is -2.83. The zero-order chi connectivity index (χ0) is 19.4. The summed E-state index contributed by atoms with van der Waals surface area (Å²) in [4.78, 5) is -0.148. The summed E-state index contributed by atoms with van der Waals surface area (Å²) in [6, 6.07) is 21.2. The quantitative estimate of drug-likeness (QED) is 0.593. The van der Waals surface area contributed by atoms with Crippen LogP contribution in [-0.4, -0.2) is 13.0 Å². The van der Waals surface area contributed by atoms with Crippen molar-refractivity contribution in [3.8, 4) is 17.2 Å². The Labute approximate surface area is 158 Å². The van der Waals surface area contributed by atoms with Gasteiger partial charge in [0.2, 0.25) is 0 Å². The fourth-order valence-electron chi connectivity index (χ4n) is 2.70. The highest BCUT2D eigenvalue weighted by Crippen LogP contribution is 2.30. The van der Waals surface area contributed by atoms with Gasteiger partial charge in [-0.2, -0.15) is 8.42 Å². The molecule has 1 unspecified atom stereocenters. The van der Waals surface area contributed by atoms with Crippen molar-refractivity contribution in [2.24, 2.45) is 0 Å². The molecule has 3 aromatic carbocycles. The van der Waals surface area contributed by atoms with Crippen LogP contribution in [0, 0.1) is 6.92 Å². The largest absolute Gasteiger partial charge is 0.486 e. The lowest BCUT2D eigenvalue weighted by molar-refractivity contribution is 0.223. The van der Waals surface area contributed by atoms with Gasteiger partial charge < -0.3 is 9.47 Å². The second-order valence-corrected chi connectivity index (χ2v) is 7.55. The van der Waals surface area contributed by atoms with E-state index in [2.05, 4.69) is 0 Å². The van der Waals surface area contributed by atoms with E-state index in [0.717, 1.165) is 11.3 Å². The average Bonchev–Trinajstić information content (AvgIpc) is 2.63. The molecule has 0 aliphatic rings. The molecular formula is C21H20O5S. The molecule has 3 rings (SSSR count). The number of hydrogen-bond donors (Lipinski definition) is 1. The van der Waals surface area contributed by atoms with Crippen LogP contribution in [0.4, 0.5) is 0 Å². The van der Waals surface area contributed by atoms with Crippen LogP contribution in [0.5, 0.6) is 17.2 Å². The molecule has 0 aliphatic heterocycles. The standard InChI is InChI=1S/C21H20O5S/c1-15-8-13-21(27(22,23)24)20(14-15)16(2)25-18-9-11-19(12-10-18)26-17-6-4-3-5-7-17/h3-14,16H,1-2H3,(H,22,23,24). The van der Waals surface area contributed by atoms with E-state index in [-0.39, 0.29) is 4.90 Å². The summed E-state index contributed by atoms with van der Waals surface area (Å²) >= 11 is 0. The molecule has 3 aromatic rings. The lowest BCUT2D eigenvalue weighted by Gasteiger charge is -2.18. The minimum absolute atomic E-state index is 0.148. The van der Waals surface area contributed by atoms with Crippen molar-refractivity contribution in [3.05, 3.63) is 83.9 Å². The summed E-state index contributed by atoms with van der Waals surface area (Å²) in [6.45, 7) is 3.58. The van der Waals surface area contributed by atoms with E-state index in [9.17, 15) is 13.0 Å². The highest BCUT2D eigenvalue weighted by Gasteiger charge is 2.20. The fourth-order valence-corrected chi connectivity index (χ4v) is 3.46. The van der Waals surface area contributed by atoms with Crippen molar-refractivity contribution in [2.45, 2.75) is 24.8 Å². The van der Waals surface area contributed by atoms with Crippen molar-refractivity contribution in [1.82, 2.24) is 0 Å².